The molecule has 0 amide bonds. The van der Waals surface area contributed by atoms with Crippen LogP contribution >= 0.6 is 0 Å². The van der Waals surface area contributed by atoms with Crippen LogP contribution < -0.4 is 5.32 Å². The fourth-order valence-corrected chi connectivity index (χ4v) is 1.27. The Labute approximate surface area is 87.2 Å². The van der Waals surface area contributed by atoms with Gasteiger partial charge in [-0.3, -0.25) is 4.90 Å². The topological polar surface area (TPSA) is 44.7 Å². The zero-order valence-corrected chi connectivity index (χ0v) is 9.84. The van der Waals surface area contributed by atoms with E-state index in [4.69, 9.17) is 4.74 Å². The molecule has 0 spiro atoms. The van der Waals surface area contributed by atoms with Gasteiger partial charge in [0.1, 0.15) is 0 Å². The van der Waals surface area contributed by atoms with Crippen LogP contribution in [-0.2, 0) is 4.74 Å². The molecule has 4 heteroatoms. The van der Waals surface area contributed by atoms with Crippen LogP contribution in [0.4, 0.5) is 0 Å². The molecule has 4 nitrogen and oxygen atoms in total. The van der Waals surface area contributed by atoms with Gasteiger partial charge in [-0.05, 0) is 20.5 Å². The highest BCUT2D eigenvalue weighted by molar-refractivity contribution is 4.84. The van der Waals surface area contributed by atoms with Crippen LogP contribution in [0.3, 0.4) is 0 Å². The van der Waals surface area contributed by atoms with Crippen LogP contribution in [0.2, 0.25) is 0 Å². The fourth-order valence-electron chi connectivity index (χ4n) is 1.27. The van der Waals surface area contributed by atoms with Crippen LogP contribution in [-0.4, -0.2) is 62.6 Å². The number of aliphatic hydroxyl groups is 1. The molecule has 0 aliphatic heterocycles. The van der Waals surface area contributed by atoms with Gasteiger partial charge in [-0.25, -0.2) is 0 Å². The first-order chi connectivity index (χ1) is 6.61. The van der Waals surface area contributed by atoms with E-state index in [1.165, 1.54) is 0 Å². The Bertz CT molecular complexity index is 138. The second-order valence-electron chi connectivity index (χ2n) is 3.83. The van der Waals surface area contributed by atoms with E-state index >= 15 is 0 Å². The van der Waals surface area contributed by atoms with Gasteiger partial charge >= 0.3 is 0 Å². The molecule has 0 radical (unpaired) electrons. The maximum Gasteiger partial charge on any atom is 0.0623 e. The second kappa shape index (κ2) is 7.17. The molecule has 0 aliphatic rings. The number of rotatable bonds is 8. The number of hydrogen-bond donors (Lipinski definition) is 2. The minimum atomic E-state index is -0.219. The van der Waals surface area contributed by atoms with Crippen molar-refractivity contribution in [1.29, 1.82) is 0 Å². The van der Waals surface area contributed by atoms with Gasteiger partial charge in [0.15, 0.2) is 0 Å². The summed E-state index contributed by atoms with van der Waals surface area (Å²) in [6, 6.07) is 0. The maximum atomic E-state index is 9.23. The summed E-state index contributed by atoms with van der Waals surface area (Å²) in [7, 11) is 3.58. The van der Waals surface area contributed by atoms with Crippen LogP contribution in [0.25, 0.3) is 0 Å². The summed E-state index contributed by atoms with van der Waals surface area (Å²) in [6.45, 7) is 7.72. The van der Waals surface area contributed by atoms with Gasteiger partial charge in [0.05, 0.1) is 18.8 Å². The van der Waals surface area contributed by atoms with Crippen molar-refractivity contribution < 1.29 is 9.84 Å². The molecule has 0 saturated carbocycles. The van der Waals surface area contributed by atoms with Gasteiger partial charge in [0.25, 0.3) is 0 Å². The van der Waals surface area contributed by atoms with E-state index in [0.29, 0.717) is 0 Å². The van der Waals surface area contributed by atoms with Gasteiger partial charge in [-0.2, -0.15) is 0 Å². The lowest BCUT2D eigenvalue weighted by atomic mass is 10.0. The maximum absolute atomic E-state index is 9.23. The minimum Gasteiger partial charge on any atom is -0.394 e. The molecule has 14 heavy (non-hydrogen) atoms. The van der Waals surface area contributed by atoms with Gasteiger partial charge in [-0.15, -0.1) is 0 Å². The monoisotopic (exact) mass is 204 g/mol. The highest BCUT2D eigenvalue weighted by Gasteiger charge is 2.23. The molecule has 0 fully saturated rings. The Morgan fingerprint density at radius 2 is 2.14 bits per heavy atom. The van der Waals surface area contributed by atoms with E-state index in [-0.39, 0.29) is 12.1 Å². The smallest absolute Gasteiger partial charge is 0.0623 e. The third kappa shape index (κ3) is 4.91. The first kappa shape index (κ1) is 13.8. The molecule has 0 rings (SSSR count). The van der Waals surface area contributed by atoms with Gasteiger partial charge < -0.3 is 15.2 Å². The second-order valence-corrected chi connectivity index (χ2v) is 3.83. The van der Waals surface area contributed by atoms with E-state index < -0.39 is 0 Å². The molecule has 0 aromatic rings. The van der Waals surface area contributed by atoms with E-state index in [9.17, 15) is 5.11 Å². The van der Waals surface area contributed by atoms with Crippen LogP contribution in [0.5, 0.6) is 0 Å². The highest BCUT2D eigenvalue weighted by Crippen LogP contribution is 2.04. The molecular formula is C10H24N2O2. The quantitative estimate of drug-likeness (QED) is 0.581. The van der Waals surface area contributed by atoms with Crippen molar-refractivity contribution in [2.75, 3.05) is 47.0 Å². The summed E-state index contributed by atoms with van der Waals surface area (Å²) in [5, 5.41) is 12.4. The third-order valence-corrected chi connectivity index (χ3v) is 2.58. The Morgan fingerprint density at radius 1 is 1.50 bits per heavy atom. The SMILES string of the molecule is CCN(CCOC)CC(C)(CO)NC. The molecule has 2 N–H and O–H groups in total. The van der Waals surface area contributed by atoms with Crippen molar-refractivity contribution in [3.05, 3.63) is 0 Å². The number of hydrogen-bond acceptors (Lipinski definition) is 4. The summed E-state index contributed by atoms with van der Waals surface area (Å²) in [5.74, 6) is 0. The predicted octanol–water partition coefficient (Wildman–Crippen LogP) is -0.0749. The van der Waals surface area contributed by atoms with Crippen molar-refractivity contribution in [1.82, 2.24) is 10.2 Å². The lowest BCUT2D eigenvalue weighted by Crippen LogP contribution is -2.53. The molecule has 0 aromatic carbocycles. The number of nitrogens with one attached hydrogen (secondary N) is 1. The number of ether oxygens (including phenoxy) is 1. The zero-order valence-electron chi connectivity index (χ0n) is 9.84. The first-order valence-corrected chi connectivity index (χ1v) is 5.13. The molecule has 0 bridgehead atoms. The average Bonchev–Trinajstić information content (AvgIpc) is 2.23. The first-order valence-electron chi connectivity index (χ1n) is 5.13. The largest absolute Gasteiger partial charge is 0.394 e. The molecule has 0 aliphatic carbocycles. The number of likely N-dealkylation sites (N-methyl/N-ethyl adjacent to an activating group) is 2. The minimum absolute atomic E-state index is 0.146. The van der Waals surface area contributed by atoms with Gasteiger partial charge in [-0.1, -0.05) is 6.92 Å². The van der Waals surface area contributed by atoms with Crippen molar-refractivity contribution in [2.45, 2.75) is 19.4 Å². The summed E-state index contributed by atoms with van der Waals surface area (Å²) in [5.41, 5.74) is -0.219. The van der Waals surface area contributed by atoms with Crippen molar-refractivity contribution in [2.24, 2.45) is 0 Å². The molecule has 0 heterocycles. The Hall–Kier alpha value is -0.160. The molecule has 0 saturated heterocycles. The van der Waals surface area contributed by atoms with Gasteiger partial charge in [0, 0.05) is 20.2 Å². The van der Waals surface area contributed by atoms with Gasteiger partial charge in [0.2, 0.25) is 0 Å². The number of methoxy groups -OCH3 is 1. The van der Waals surface area contributed by atoms with Crippen molar-refractivity contribution in [3.8, 4) is 0 Å². The summed E-state index contributed by atoms with van der Waals surface area (Å²) >= 11 is 0. The zero-order chi connectivity index (χ0) is 11.0. The molecule has 0 aromatic heterocycles. The molecule has 1 unspecified atom stereocenters. The number of aliphatic hydroxyl groups excluding tert-OH is 1. The lowest BCUT2D eigenvalue weighted by Gasteiger charge is -2.33. The fraction of sp³-hybridized carbons (Fsp3) is 1.00. The lowest BCUT2D eigenvalue weighted by molar-refractivity contribution is 0.102. The Morgan fingerprint density at radius 3 is 2.50 bits per heavy atom. The van der Waals surface area contributed by atoms with E-state index in [1.54, 1.807) is 7.11 Å². The Kier molecular flexibility index (Phi) is 7.09. The summed E-state index contributed by atoms with van der Waals surface area (Å²) in [4.78, 5) is 2.26. The standard InChI is InChI=1S/C10H24N2O2/c1-5-12(6-7-14-4)8-10(2,9-13)11-3/h11,13H,5-9H2,1-4H3. The van der Waals surface area contributed by atoms with E-state index in [0.717, 1.165) is 26.2 Å². The highest BCUT2D eigenvalue weighted by atomic mass is 16.5. The average molecular weight is 204 g/mol. The summed E-state index contributed by atoms with van der Waals surface area (Å²) in [6.07, 6.45) is 0. The van der Waals surface area contributed by atoms with Crippen LogP contribution in [0.15, 0.2) is 0 Å². The predicted molar refractivity (Wildman–Crippen MR) is 58.5 cm³/mol. The normalized spacial score (nSPS) is 15.9. The molecular weight excluding hydrogens is 180 g/mol. The molecule has 1 atom stereocenters. The van der Waals surface area contributed by atoms with Crippen molar-refractivity contribution >= 4 is 0 Å². The van der Waals surface area contributed by atoms with E-state index in [2.05, 4.69) is 17.1 Å². The van der Waals surface area contributed by atoms with Crippen molar-refractivity contribution in [3.63, 3.8) is 0 Å². The van der Waals surface area contributed by atoms with Crippen LogP contribution in [0, 0.1) is 0 Å². The number of nitrogens with zero attached hydrogens (tertiary/aromatic N) is 1. The van der Waals surface area contributed by atoms with Crippen LogP contribution in [0.1, 0.15) is 13.8 Å². The Balaban J connectivity index is 4.00. The molecule has 86 valence electrons. The van der Waals surface area contributed by atoms with E-state index in [1.807, 2.05) is 14.0 Å². The summed E-state index contributed by atoms with van der Waals surface area (Å²) < 4.78 is 5.03. The third-order valence-electron chi connectivity index (χ3n) is 2.58.